The first-order valence-electron chi connectivity index (χ1n) is 4.57. The van der Waals surface area contributed by atoms with Gasteiger partial charge >= 0.3 is 5.97 Å². The molecule has 4 nitrogen and oxygen atoms in total. The second-order valence-corrected chi connectivity index (χ2v) is 3.43. The van der Waals surface area contributed by atoms with Crippen molar-refractivity contribution in [2.24, 2.45) is 0 Å². The molecule has 7 heteroatoms. The van der Waals surface area contributed by atoms with Gasteiger partial charge < -0.3 is 9.47 Å². The lowest BCUT2D eigenvalue weighted by atomic mass is 10.1. The molecule has 0 bridgehead atoms. The predicted octanol–water partition coefficient (Wildman–Crippen LogP) is 2.40. The number of nitrogens with zero attached hydrogens (tertiary/aromatic N) is 1. The maximum Gasteiger partial charge on any atom is 0.310 e. The van der Waals surface area contributed by atoms with E-state index in [0.29, 0.717) is 0 Å². The fourth-order valence-electron chi connectivity index (χ4n) is 1.23. The number of ether oxygens (including phenoxy) is 2. The fourth-order valence-corrected chi connectivity index (χ4v) is 1.49. The van der Waals surface area contributed by atoms with Crippen LogP contribution in [0.1, 0.15) is 17.6 Å². The van der Waals surface area contributed by atoms with Crippen molar-refractivity contribution in [2.75, 3.05) is 14.2 Å². The summed E-state index contributed by atoms with van der Waals surface area (Å²) in [6.45, 7) is 0. The third kappa shape index (κ3) is 3.26. The van der Waals surface area contributed by atoms with Crippen molar-refractivity contribution in [2.45, 2.75) is 12.8 Å². The number of carbonyl (C=O) groups is 1. The Kier molecular flexibility index (Phi) is 4.62. The molecular formula is C10H10ClF2NO3. The highest BCUT2D eigenvalue weighted by Crippen LogP contribution is 2.30. The maximum atomic E-state index is 12.8. The van der Waals surface area contributed by atoms with Crippen LogP contribution >= 0.6 is 11.6 Å². The number of halogens is 3. The van der Waals surface area contributed by atoms with Gasteiger partial charge in [0.05, 0.1) is 20.6 Å². The minimum Gasteiger partial charge on any atom is -0.481 e. The Labute approximate surface area is 101 Å². The lowest BCUT2D eigenvalue weighted by molar-refractivity contribution is -0.139. The summed E-state index contributed by atoms with van der Waals surface area (Å²) in [5.74, 6) is -0.695. The second kappa shape index (κ2) is 5.77. The molecule has 0 aromatic carbocycles. The van der Waals surface area contributed by atoms with Crippen LogP contribution in [0.4, 0.5) is 8.78 Å². The quantitative estimate of drug-likeness (QED) is 0.620. The first kappa shape index (κ1) is 13.6. The SMILES string of the molecule is COC(=O)Cc1c(C(F)F)cc(OC)nc1Cl. The van der Waals surface area contributed by atoms with E-state index >= 15 is 0 Å². The average Bonchev–Trinajstić information content (AvgIpc) is 2.30. The normalized spacial score (nSPS) is 10.5. The third-order valence-corrected chi connectivity index (χ3v) is 2.39. The molecule has 1 aromatic rings. The number of esters is 1. The van der Waals surface area contributed by atoms with Crippen molar-refractivity contribution in [3.8, 4) is 5.88 Å². The van der Waals surface area contributed by atoms with Gasteiger partial charge in [-0.25, -0.2) is 13.8 Å². The Balaban J connectivity index is 3.21. The molecule has 0 aliphatic rings. The van der Waals surface area contributed by atoms with Crippen molar-refractivity contribution in [3.63, 3.8) is 0 Å². The van der Waals surface area contributed by atoms with E-state index in [9.17, 15) is 13.6 Å². The van der Waals surface area contributed by atoms with Crippen LogP contribution in [0.3, 0.4) is 0 Å². The molecule has 1 heterocycles. The van der Waals surface area contributed by atoms with E-state index in [1.807, 2.05) is 0 Å². The van der Waals surface area contributed by atoms with E-state index in [2.05, 4.69) is 9.72 Å². The molecule has 1 aromatic heterocycles. The zero-order valence-corrected chi connectivity index (χ0v) is 9.92. The van der Waals surface area contributed by atoms with Gasteiger partial charge in [0.1, 0.15) is 5.15 Å². The highest BCUT2D eigenvalue weighted by atomic mass is 35.5. The van der Waals surface area contributed by atoms with Crippen LogP contribution < -0.4 is 4.74 Å². The lowest BCUT2D eigenvalue weighted by Crippen LogP contribution is -2.09. The van der Waals surface area contributed by atoms with E-state index in [-0.39, 0.29) is 28.6 Å². The molecule has 0 amide bonds. The number of hydrogen-bond donors (Lipinski definition) is 0. The van der Waals surface area contributed by atoms with Crippen molar-refractivity contribution in [3.05, 3.63) is 22.3 Å². The van der Waals surface area contributed by atoms with Gasteiger partial charge in [-0.15, -0.1) is 0 Å². The fraction of sp³-hybridized carbons (Fsp3) is 0.400. The van der Waals surface area contributed by atoms with Crippen LogP contribution in [-0.2, 0) is 16.0 Å². The number of aromatic nitrogens is 1. The van der Waals surface area contributed by atoms with Crippen molar-refractivity contribution >= 4 is 17.6 Å². The Morgan fingerprint density at radius 2 is 2.18 bits per heavy atom. The molecule has 0 atom stereocenters. The number of alkyl halides is 2. The summed E-state index contributed by atoms with van der Waals surface area (Å²) in [7, 11) is 2.45. The number of methoxy groups -OCH3 is 2. The average molecular weight is 266 g/mol. The standard InChI is InChI=1S/C10H10ClF2NO3/c1-16-7-3-6(10(12)13)5(9(11)14-7)4-8(15)17-2/h3,10H,4H2,1-2H3. The van der Waals surface area contributed by atoms with Gasteiger partial charge in [-0.2, -0.15) is 0 Å². The molecule has 0 radical (unpaired) electrons. The summed E-state index contributed by atoms with van der Waals surface area (Å²) in [4.78, 5) is 14.8. The molecule has 0 aliphatic carbocycles. The van der Waals surface area contributed by atoms with Crippen LogP contribution in [0.25, 0.3) is 0 Å². The zero-order chi connectivity index (χ0) is 13.0. The monoisotopic (exact) mass is 265 g/mol. The molecule has 0 aliphatic heterocycles. The molecule has 0 saturated heterocycles. The molecular weight excluding hydrogens is 256 g/mol. The highest BCUT2D eigenvalue weighted by molar-refractivity contribution is 6.30. The zero-order valence-electron chi connectivity index (χ0n) is 9.17. The second-order valence-electron chi connectivity index (χ2n) is 3.08. The van der Waals surface area contributed by atoms with Gasteiger partial charge in [0.15, 0.2) is 0 Å². The molecule has 17 heavy (non-hydrogen) atoms. The number of hydrogen-bond acceptors (Lipinski definition) is 4. The summed E-state index contributed by atoms with van der Waals surface area (Å²) in [6, 6.07) is 1.05. The number of rotatable bonds is 4. The van der Waals surface area contributed by atoms with Crippen LogP contribution in [0.5, 0.6) is 5.88 Å². The van der Waals surface area contributed by atoms with E-state index in [0.717, 1.165) is 13.2 Å². The van der Waals surface area contributed by atoms with Gasteiger partial charge in [-0.3, -0.25) is 4.79 Å². The molecule has 0 fully saturated rings. The van der Waals surface area contributed by atoms with Gasteiger partial charge in [-0.05, 0) is 0 Å². The van der Waals surface area contributed by atoms with Crippen LogP contribution in [0.2, 0.25) is 5.15 Å². The molecule has 0 unspecified atom stereocenters. The van der Waals surface area contributed by atoms with Crippen LogP contribution in [0.15, 0.2) is 6.07 Å². The van der Waals surface area contributed by atoms with Crippen molar-refractivity contribution in [1.82, 2.24) is 4.98 Å². The smallest absolute Gasteiger partial charge is 0.310 e. The Morgan fingerprint density at radius 1 is 1.53 bits per heavy atom. The molecule has 0 saturated carbocycles. The van der Waals surface area contributed by atoms with Gasteiger partial charge in [0, 0.05) is 17.2 Å². The first-order valence-corrected chi connectivity index (χ1v) is 4.95. The van der Waals surface area contributed by atoms with Crippen molar-refractivity contribution < 1.29 is 23.0 Å². The number of pyridine rings is 1. The van der Waals surface area contributed by atoms with E-state index < -0.39 is 12.4 Å². The van der Waals surface area contributed by atoms with E-state index in [4.69, 9.17) is 16.3 Å². The van der Waals surface area contributed by atoms with E-state index in [1.165, 1.54) is 7.11 Å². The maximum absolute atomic E-state index is 12.8. The van der Waals surface area contributed by atoms with Crippen LogP contribution in [0, 0.1) is 0 Å². The van der Waals surface area contributed by atoms with E-state index in [1.54, 1.807) is 0 Å². The largest absolute Gasteiger partial charge is 0.481 e. The highest BCUT2D eigenvalue weighted by Gasteiger charge is 2.21. The summed E-state index contributed by atoms with van der Waals surface area (Å²) in [6.07, 6.45) is -3.13. The minimum atomic E-state index is -2.77. The molecule has 0 N–H and O–H groups in total. The Bertz CT molecular complexity index is 426. The third-order valence-electron chi connectivity index (χ3n) is 2.08. The lowest BCUT2D eigenvalue weighted by Gasteiger charge is -2.11. The van der Waals surface area contributed by atoms with Crippen molar-refractivity contribution in [1.29, 1.82) is 0 Å². The predicted molar refractivity (Wildman–Crippen MR) is 56.5 cm³/mol. The summed E-state index contributed by atoms with van der Waals surface area (Å²) in [5, 5.41) is -0.190. The van der Waals surface area contributed by atoms with Gasteiger partial charge in [-0.1, -0.05) is 11.6 Å². The first-order chi connectivity index (χ1) is 7.99. The Morgan fingerprint density at radius 3 is 2.65 bits per heavy atom. The van der Waals surface area contributed by atoms with Crippen LogP contribution in [-0.4, -0.2) is 25.2 Å². The topological polar surface area (TPSA) is 48.4 Å². The van der Waals surface area contributed by atoms with Gasteiger partial charge in [0.2, 0.25) is 5.88 Å². The minimum absolute atomic E-state index is 0.0288. The molecule has 0 spiro atoms. The summed E-state index contributed by atoms with van der Waals surface area (Å²) >= 11 is 5.73. The van der Waals surface area contributed by atoms with Gasteiger partial charge in [0.25, 0.3) is 6.43 Å². The number of carbonyl (C=O) groups excluding carboxylic acids is 1. The summed E-state index contributed by atoms with van der Waals surface area (Å²) in [5.41, 5.74) is -0.429. The molecule has 94 valence electrons. The Hall–Kier alpha value is -1.43. The summed E-state index contributed by atoms with van der Waals surface area (Å²) < 4.78 is 34.7. The molecule has 1 rings (SSSR count).